The van der Waals surface area contributed by atoms with Crippen LogP contribution in [0.4, 0.5) is 0 Å². The maximum Gasteiger partial charge on any atom is 0.291 e. The van der Waals surface area contributed by atoms with Crippen molar-refractivity contribution in [1.82, 2.24) is 19.2 Å². The fourth-order valence-electron chi connectivity index (χ4n) is 4.97. The zero-order valence-electron chi connectivity index (χ0n) is 18.7. The van der Waals surface area contributed by atoms with Crippen LogP contribution in [0, 0.1) is 0 Å². The highest BCUT2D eigenvalue weighted by atomic mass is 16.2. The summed E-state index contributed by atoms with van der Waals surface area (Å²) in [5.74, 6) is -0.0887. The molecule has 168 valence electrons. The Morgan fingerprint density at radius 1 is 0.853 bits per heavy atom. The molecule has 0 N–H and O–H groups in total. The van der Waals surface area contributed by atoms with Crippen molar-refractivity contribution in [2.75, 3.05) is 6.54 Å². The summed E-state index contributed by atoms with van der Waals surface area (Å²) >= 11 is 0. The summed E-state index contributed by atoms with van der Waals surface area (Å²) in [6.45, 7) is 1.73. The number of fused-ring (bicyclic) bond motifs is 4. The molecule has 6 rings (SSSR count). The number of hydrogen-bond acceptors (Lipinski definition) is 3. The molecule has 34 heavy (non-hydrogen) atoms. The second kappa shape index (κ2) is 8.30. The van der Waals surface area contributed by atoms with E-state index in [9.17, 15) is 9.59 Å². The van der Waals surface area contributed by atoms with Crippen LogP contribution in [0.1, 0.15) is 16.7 Å². The molecular weight excluding hydrogens is 424 g/mol. The summed E-state index contributed by atoms with van der Waals surface area (Å²) in [5, 5.41) is 6.20. The molecule has 0 saturated carbocycles. The second-order valence-corrected chi connectivity index (χ2v) is 8.79. The number of hydrogen-bond donors (Lipinski definition) is 0. The molecule has 0 atom stereocenters. The van der Waals surface area contributed by atoms with Crippen molar-refractivity contribution in [2.45, 2.75) is 26.1 Å². The predicted octanol–water partition coefficient (Wildman–Crippen LogP) is 3.98. The third kappa shape index (κ3) is 3.48. The first-order chi connectivity index (χ1) is 16.7. The van der Waals surface area contributed by atoms with Gasteiger partial charge in [0.1, 0.15) is 12.1 Å². The van der Waals surface area contributed by atoms with Crippen LogP contribution in [0.5, 0.6) is 0 Å². The van der Waals surface area contributed by atoms with Crippen LogP contribution in [-0.2, 0) is 30.8 Å². The van der Waals surface area contributed by atoms with Crippen LogP contribution in [0.3, 0.4) is 0 Å². The zero-order chi connectivity index (χ0) is 23.1. The van der Waals surface area contributed by atoms with Gasteiger partial charge in [0.2, 0.25) is 5.91 Å². The number of amides is 1. The first-order valence-electron chi connectivity index (χ1n) is 11.5. The fourth-order valence-corrected chi connectivity index (χ4v) is 4.97. The van der Waals surface area contributed by atoms with E-state index < -0.39 is 0 Å². The Balaban J connectivity index is 1.38. The van der Waals surface area contributed by atoms with Gasteiger partial charge in [-0.3, -0.25) is 9.59 Å². The molecule has 0 radical (unpaired) electrons. The maximum absolute atomic E-state index is 13.6. The summed E-state index contributed by atoms with van der Waals surface area (Å²) in [4.78, 5) is 28.6. The molecule has 3 heterocycles. The topological polar surface area (TPSA) is 60.1 Å². The lowest BCUT2D eigenvalue weighted by molar-refractivity contribution is -0.133. The van der Waals surface area contributed by atoms with Crippen molar-refractivity contribution in [3.8, 4) is 0 Å². The Hall–Kier alpha value is -4.19. The molecule has 2 aromatic heterocycles. The fraction of sp³-hybridized carbons (Fsp3) is 0.179. The molecular formula is C28H24N4O2. The third-order valence-electron chi connectivity index (χ3n) is 6.73. The van der Waals surface area contributed by atoms with Crippen molar-refractivity contribution < 1.29 is 4.79 Å². The summed E-state index contributed by atoms with van der Waals surface area (Å²) in [7, 11) is 0. The minimum atomic E-state index is -0.240. The Morgan fingerprint density at radius 2 is 1.59 bits per heavy atom. The largest absolute Gasteiger partial charge is 0.336 e. The first-order valence-corrected chi connectivity index (χ1v) is 11.5. The van der Waals surface area contributed by atoms with Gasteiger partial charge in [0.05, 0.1) is 6.20 Å². The molecule has 1 amide bonds. The highest BCUT2D eigenvalue weighted by molar-refractivity contribution is 6.07. The normalized spacial score (nSPS) is 13.4. The van der Waals surface area contributed by atoms with Gasteiger partial charge in [0, 0.05) is 35.9 Å². The van der Waals surface area contributed by atoms with Crippen LogP contribution < -0.4 is 5.56 Å². The highest BCUT2D eigenvalue weighted by Gasteiger charge is 2.22. The summed E-state index contributed by atoms with van der Waals surface area (Å²) in [6.07, 6.45) is 2.55. The number of carbonyl (C=O) groups is 1. The zero-order valence-corrected chi connectivity index (χ0v) is 18.7. The van der Waals surface area contributed by atoms with E-state index in [1.165, 1.54) is 15.8 Å². The summed E-state index contributed by atoms with van der Waals surface area (Å²) < 4.78 is 3.35. The average Bonchev–Trinajstić information content (AvgIpc) is 3.20. The van der Waals surface area contributed by atoms with Crippen molar-refractivity contribution in [2.24, 2.45) is 0 Å². The Bertz CT molecular complexity index is 1580. The van der Waals surface area contributed by atoms with Gasteiger partial charge in [-0.25, -0.2) is 4.68 Å². The standard InChI is InChI=1S/C28H24N4O2/c33-26(30-15-14-21-10-4-5-11-22(21)18-30)19-32-28(34)27-24(16-29-32)23-12-6-7-13-25(23)31(27)17-20-8-2-1-3-9-20/h1-13,16H,14-15,17-19H2. The van der Waals surface area contributed by atoms with Crippen molar-refractivity contribution in [3.05, 3.63) is 112 Å². The molecule has 0 spiro atoms. The lowest BCUT2D eigenvalue weighted by Gasteiger charge is -2.28. The molecule has 6 heteroatoms. The Labute approximate surface area is 196 Å². The minimum Gasteiger partial charge on any atom is -0.336 e. The lowest BCUT2D eigenvalue weighted by atomic mass is 10.00. The molecule has 0 saturated heterocycles. The van der Waals surface area contributed by atoms with Gasteiger partial charge in [-0.1, -0.05) is 72.8 Å². The van der Waals surface area contributed by atoms with E-state index in [0.717, 1.165) is 28.3 Å². The highest BCUT2D eigenvalue weighted by Crippen LogP contribution is 2.27. The SMILES string of the molecule is O=C(Cn1ncc2c3ccccc3n(Cc3ccccc3)c2c1=O)N1CCc2ccccc2C1. The van der Waals surface area contributed by atoms with Gasteiger partial charge in [-0.2, -0.15) is 5.10 Å². The predicted molar refractivity (Wildman–Crippen MR) is 133 cm³/mol. The maximum atomic E-state index is 13.6. The lowest BCUT2D eigenvalue weighted by Crippen LogP contribution is -2.40. The monoisotopic (exact) mass is 448 g/mol. The van der Waals surface area contributed by atoms with Crippen LogP contribution in [0.25, 0.3) is 21.8 Å². The van der Waals surface area contributed by atoms with E-state index in [1.54, 1.807) is 6.20 Å². The Kier molecular flexibility index (Phi) is 4.99. The number of benzene rings is 3. The van der Waals surface area contributed by atoms with Crippen molar-refractivity contribution in [1.29, 1.82) is 0 Å². The summed E-state index contributed by atoms with van der Waals surface area (Å²) in [5.41, 5.74) is 4.88. The van der Waals surface area contributed by atoms with Crippen molar-refractivity contribution >= 4 is 27.7 Å². The molecule has 6 nitrogen and oxygen atoms in total. The van der Waals surface area contributed by atoms with Gasteiger partial charge >= 0.3 is 0 Å². The second-order valence-electron chi connectivity index (χ2n) is 8.79. The van der Waals surface area contributed by atoms with Crippen LogP contribution >= 0.6 is 0 Å². The van der Waals surface area contributed by atoms with Gasteiger partial charge in [0.25, 0.3) is 5.56 Å². The quantitative estimate of drug-likeness (QED) is 0.418. The number of nitrogens with zero attached hydrogens (tertiary/aromatic N) is 4. The molecule has 0 unspecified atom stereocenters. The number of rotatable bonds is 4. The van der Waals surface area contributed by atoms with Crippen LogP contribution in [0.2, 0.25) is 0 Å². The van der Waals surface area contributed by atoms with E-state index in [4.69, 9.17) is 0 Å². The summed E-state index contributed by atoms with van der Waals surface area (Å²) in [6, 6.07) is 26.3. The van der Waals surface area contributed by atoms with Gasteiger partial charge in [-0.05, 0) is 29.2 Å². The van der Waals surface area contributed by atoms with E-state index in [0.29, 0.717) is 25.2 Å². The van der Waals surface area contributed by atoms with E-state index in [2.05, 4.69) is 29.4 Å². The van der Waals surface area contributed by atoms with E-state index in [-0.39, 0.29) is 18.0 Å². The van der Waals surface area contributed by atoms with E-state index in [1.807, 2.05) is 64.1 Å². The minimum absolute atomic E-state index is 0.0657. The van der Waals surface area contributed by atoms with Crippen molar-refractivity contribution in [3.63, 3.8) is 0 Å². The van der Waals surface area contributed by atoms with E-state index >= 15 is 0 Å². The molecule has 1 aliphatic rings. The first kappa shape index (κ1) is 20.4. The molecule has 0 aliphatic carbocycles. The van der Waals surface area contributed by atoms with Crippen LogP contribution in [-0.4, -0.2) is 31.7 Å². The average molecular weight is 449 g/mol. The molecule has 1 aliphatic heterocycles. The molecule has 0 bridgehead atoms. The number of para-hydroxylation sites is 1. The van der Waals surface area contributed by atoms with Gasteiger partial charge in [0.15, 0.2) is 0 Å². The smallest absolute Gasteiger partial charge is 0.291 e. The van der Waals surface area contributed by atoms with Crippen LogP contribution in [0.15, 0.2) is 89.9 Å². The molecule has 3 aromatic carbocycles. The third-order valence-corrected chi connectivity index (χ3v) is 6.73. The Morgan fingerprint density at radius 3 is 2.44 bits per heavy atom. The molecule has 0 fully saturated rings. The number of carbonyl (C=O) groups excluding carboxylic acids is 1. The van der Waals surface area contributed by atoms with Gasteiger partial charge < -0.3 is 9.47 Å². The number of aromatic nitrogens is 3. The van der Waals surface area contributed by atoms with Gasteiger partial charge in [-0.15, -0.1) is 0 Å². The molecule has 5 aromatic rings.